The molecule has 2 aliphatic heterocycles. The van der Waals surface area contributed by atoms with E-state index in [0.717, 1.165) is 123 Å². The van der Waals surface area contributed by atoms with Crippen molar-refractivity contribution in [2.75, 3.05) is 0 Å². The van der Waals surface area contributed by atoms with Gasteiger partial charge in [-0.05, 0) is 137 Å². The van der Waals surface area contributed by atoms with E-state index >= 15 is 0 Å². The monoisotopic (exact) mass is 923 g/mol. The Kier molecular flexibility index (Phi) is 12.0. The van der Waals surface area contributed by atoms with E-state index in [9.17, 15) is 9.90 Å². The molecule has 5 aromatic carbocycles. The van der Waals surface area contributed by atoms with Gasteiger partial charge in [0.05, 0.1) is 34.9 Å². The third-order valence-corrected chi connectivity index (χ3v) is 13.0. The summed E-state index contributed by atoms with van der Waals surface area (Å²) in [6.07, 6.45) is 14.2. The molecule has 3 N–H and O–H groups in total. The number of rotatable bonds is 8. The van der Waals surface area contributed by atoms with Gasteiger partial charge in [0.25, 0.3) is 5.70 Å². The third kappa shape index (κ3) is 9.36. The lowest BCUT2D eigenvalue weighted by atomic mass is 9.97. The Hall–Kier alpha value is -8.86. The average molecular weight is 924 g/mol. The van der Waals surface area contributed by atoms with E-state index in [4.69, 9.17) is 16.5 Å². The van der Waals surface area contributed by atoms with E-state index < -0.39 is 5.97 Å². The van der Waals surface area contributed by atoms with Crippen molar-refractivity contribution < 1.29 is 9.90 Å². The normalized spacial score (nSPS) is 12.2. The molecule has 346 valence electrons. The number of benzene rings is 5. The summed E-state index contributed by atoms with van der Waals surface area (Å²) < 4.78 is 0. The zero-order chi connectivity index (χ0) is 49.7. The molecule has 7 nitrogen and oxygen atoms in total. The number of aliphatic carboxylic acids is 1. The molecule has 8 aromatic rings. The fourth-order valence-corrected chi connectivity index (χ4v) is 10.3. The molecule has 3 aromatic heterocycles. The van der Waals surface area contributed by atoms with E-state index in [-0.39, 0.29) is 5.70 Å². The Balaban J connectivity index is 1.38. The number of carboxylic acid groups (broad SMARTS) is 1. The number of fused-ring (bicyclic) bond motifs is 8. The highest BCUT2D eigenvalue weighted by Crippen LogP contribution is 2.41. The number of aromatic nitrogens is 4. The van der Waals surface area contributed by atoms with Crippen LogP contribution in [0, 0.1) is 62.0 Å². The van der Waals surface area contributed by atoms with Crippen molar-refractivity contribution in [1.29, 1.82) is 0 Å². The van der Waals surface area contributed by atoms with Gasteiger partial charge in [0, 0.05) is 44.4 Å². The van der Waals surface area contributed by atoms with Crippen molar-refractivity contribution in [2.45, 2.75) is 55.4 Å². The first-order chi connectivity index (χ1) is 34.2. The maximum Gasteiger partial charge on any atom is 0.333 e. The first-order valence-corrected chi connectivity index (χ1v) is 23.8. The molecule has 0 amide bonds. The molecule has 7 heteroatoms. The smallest absolute Gasteiger partial charge is 0.333 e. The van der Waals surface area contributed by atoms with Crippen molar-refractivity contribution in [3.05, 3.63) is 216 Å². The number of H-pyrrole nitrogens is 2. The fraction of sp³-hybridized carbons (Fsp3) is 0.125. The molecule has 0 saturated heterocycles. The van der Waals surface area contributed by atoms with Crippen molar-refractivity contribution in [3.8, 4) is 44.5 Å². The second-order valence-electron chi connectivity index (χ2n) is 19.2. The van der Waals surface area contributed by atoms with E-state index in [1.165, 1.54) is 28.3 Å². The standard InChI is InChI=1S/C64H53N5O2/c1-36-22-37(2)27-47(26-36)59-51-16-17-52(66-51)60(48-28-38(3)23-39(4)29-48)54-20-21-56(68-54)62(50-32-42(7)25-43(8)33-50)63-46(15-14-44-10-12-45(13-11-44)34-58(65-9)64(70)71)35-57(69-63)61(55-19-18-53(59)67-55)49-30-40(5)24-41(6)31-49/h10-35,66,69H,1-8H3,(H,70,71)/b15-14+,58-34-,59-51?,59-53?,60-52?,60-54?,61-55?,61-57?,62-56?,63-62?. The number of nitrogens with one attached hydrogen (secondary N) is 2. The number of carbonyl (C=O) groups is 1. The minimum absolute atomic E-state index is 0.337. The van der Waals surface area contributed by atoms with Gasteiger partial charge in [0.2, 0.25) is 0 Å². The van der Waals surface area contributed by atoms with E-state index in [1.54, 1.807) is 0 Å². The van der Waals surface area contributed by atoms with Crippen molar-refractivity contribution >= 4 is 70.6 Å². The number of carboxylic acids is 1. The summed E-state index contributed by atoms with van der Waals surface area (Å²) in [6, 6.07) is 40.8. The van der Waals surface area contributed by atoms with Gasteiger partial charge >= 0.3 is 5.97 Å². The van der Waals surface area contributed by atoms with Gasteiger partial charge in [-0.2, -0.15) is 0 Å². The lowest BCUT2D eigenvalue weighted by Crippen LogP contribution is -1.95. The Morgan fingerprint density at radius 2 is 0.831 bits per heavy atom. The third-order valence-electron chi connectivity index (χ3n) is 13.0. The molecule has 5 heterocycles. The summed E-state index contributed by atoms with van der Waals surface area (Å²) in [6.45, 7) is 24.5. The fourth-order valence-electron chi connectivity index (χ4n) is 10.3. The van der Waals surface area contributed by atoms with E-state index in [0.29, 0.717) is 5.56 Å². The van der Waals surface area contributed by atoms with Crippen LogP contribution in [0.3, 0.4) is 0 Å². The molecular weight excluding hydrogens is 871 g/mol. The Bertz CT molecular complexity index is 3800. The average Bonchev–Trinajstić information content (AvgIpc) is 4.14. The van der Waals surface area contributed by atoms with Gasteiger partial charge in [-0.1, -0.05) is 154 Å². The molecule has 0 aliphatic carbocycles. The van der Waals surface area contributed by atoms with Crippen LogP contribution >= 0.6 is 0 Å². The van der Waals surface area contributed by atoms with E-state index in [2.05, 4.69) is 198 Å². The predicted octanol–water partition coefficient (Wildman–Crippen LogP) is 16.3. The van der Waals surface area contributed by atoms with Crippen LogP contribution in [0.25, 0.3) is 114 Å². The van der Waals surface area contributed by atoms with Crippen LogP contribution in [-0.2, 0) is 4.79 Å². The van der Waals surface area contributed by atoms with Crippen LogP contribution in [0.15, 0.2) is 121 Å². The quantitative estimate of drug-likeness (QED) is 0.104. The molecule has 0 spiro atoms. The maximum atomic E-state index is 11.6. The second kappa shape index (κ2) is 18.6. The molecule has 0 fully saturated rings. The number of hydrogen-bond acceptors (Lipinski definition) is 3. The number of aromatic amines is 2. The molecule has 71 heavy (non-hydrogen) atoms. The number of aryl methyl sites for hydroxylation is 8. The lowest BCUT2D eigenvalue weighted by Gasteiger charge is -2.10. The van der Waals surface area contributed by atoms with Gasteiger partial charge in [0.15, 0.2) is 0 Å². The second-order valence-corrected chi connectivity index (χ2v) is 19.2. The first kappa shape index (κ1) is 45.9. The first-order valence-electron chi connectivity index (χ1n) is 23.8. The number of nitrogens with zero attached hydrogens (tertiary/aromatic N) is 3. The molecule has 0 saturated carbocycles. The van der Waals surface area contributed by atoms with Gasteiger partial charge < -0.3 is 15.1 Å². The molecule has 0 radical (unpaired) electrons. The minimum atomic E-state index is -1.25. The largest absolute Gasteiger partial charge is 0.486 e. The van der Waals surface area contributed by atoms with Gasteiger partial charge in [-0.25, -0.2) is 14.8 Å². The molecular formula is C64H53N5O2. The molecule has 2 aliphatic rings. The van der Waals surface area contributed by atoms with Crippen LogP contribution in [0.4, 0.5) is 0 Å². The minimum Gasteiger partial charge on any atom is -0.486 e. The molecule has 0 atom stereocenters. The van der Waals surface area contributed by atoms with Gasteiger partial charge in [-0.15, -0.1) is 0 Å². The van der Waals surface area contributed by atoms with Crippen LogP contribution in [-0.4, -0.2) is 31.0 Å². The highest BCUT2D eigenvalue weighted by molar-refractivity contribution is 6.03. The van der Waals surface area contributed by atoms with Gasteiger partial charge in [-0.3, -0.25) is 4.79 Å². The Morgan fingerprint density at radius 3 is 1.23 bits per heavy atom. The Labute approximate surface area is 414 Å². The lowest BCUT2D eigenvalue weighted by molar-refractivity contribution is -0.132. The maximum absolute atomic E-state index is 11.6. The van der Waals surface area contributed by atoms with Crippen LogP contribution in [0.2, 0.25) is 0 Å². The number of hydrogen-bond donors (Lipinski definition) is 3. The summed E-state index contributed by atoms with van der Waals surface area (Å²) in [5.74, 6) is -1.25. The van der Waals surface area contributed by atoms with Crippen molar-refractivity contribution in [3.63, 3.8) is 0 Å². The SMILES string of the molecule is [C-]#[N+]/C(=C\c1ccc(/C=C/c2cc3[nH]c2c(-c2cc(C)cc(C)c2)c2nc(c(-c4cc(C)cc(C)c4)c4ccc([nH]4)c(-c4cc(C)cc(C)c4)c4nc(c3-c3cc(C)cc(C)c3)C=C4)C=C2)cc1)C(=O)O. The van der Waals surface area contributed by atoms with Crippen molar-refractivity contribution in [2.24, 2.45) is 0 Å². The predicted molar refractivity (Wildman–Crippen MR) is 296 cm³/mol. The van der Waals surface area contributed by atoms with Crippen LogP contribution in [0.5, 0.6) is 0 Å². The molecule has 8 bridgehead atoms. The highest BCUT2D eigenvalue weighted by Gasteiger charge is 2.21. The summed E-state index contributed by atoms with van der Waals surface area (Å²) in [4.78, 5) is 34.0. The topological polar surface area (TPSA) is 99.0 Å². The van der Waals surface area contributed by atoms with Crippen LogP contribution < -0.4 is 0 Å². The van der Waals surface area contributed by atoms with Gasteiger partial charge in [0.1, 0.15) is 0 Å². The zero-order valence-corrected chi connectivity index (χ0v) is 41.2. The van der Waals surface area contributed by atoms with E-state index in [1.807, 2.05) is 24.3 Å². The molecule has 0 unspecified atom stereocenters. The summed E-state index contributed by atoms with van der Waals surface area (Å²) >= 11 is 0. The molecule has 10 rings (SSSR count). The highest BCUT2D eigenvalue weighted by atomic mass is 16.4. The summed E-state index contributed by atoms with van der Waals surface area (Å²) in [7, 11) is 0. The zero-order valence-electron chi connectivity index (χ0n) is 41.2. The van der Waals surface area contributed by atoms with Crippen LogP contribution in [0.1, 0.15) is 84.0 Å². The Morgan fingerprint density at radius 1 is 0.465 bits per heavy atom. The summed E-state index contributed by atoms with van der Waals surface area (Å²) in [5, 5.41) is 9.49. The summed E-state index contributed by atoms with van der Waals surface area (Å²) in [5.41, 5.74) is 26.6. The van der Waals surface area contributed by atoms with Crippen molar-refractivity contribution in [1.82, 2.24) is 19.9 Å².